The molecule has 0 aromatic heterocycles. The maximum atomic E-state index is 11.0. The molecule has 0 spiro atoms. The number of nitrogens with two attached hydrogens (primary N) is 2. The molecule has 1 amide bonds. The van der Waals surface area contributed by atoms with E-state index in [1.54, 1.807) is 0 Å². The van der Waals surface area contributed by atoms with Gasteiger partial charge in [-0.05, 0) is 6.42 Å². The van der Waals surface area contributed by atoms with E-state index in [0.717, 1.165) is 0 Å². The van der Waals surface area contributed by atoms with E-state index in [4.69, 9.17) is 16.9 Å². The highest BCUT2D eigenvalue weighted by Gasteiger charge is 2.22. The van der Waals surface area contributed by atoms with Gasteiger partial charge in [-0.25, -0.2) is 0 Å². The van der Waals surface area contributed by atoms with Crippen LogP contribution in [0.15, 0.2) is 0 Å². The average molecular weight is 186 g/mol. The molecule has 0 fully saturated rings. The highest BCUT2D eigenvalue weighted by Crippen LogP contribution is 1.95. The molecule has 6 heteroatoms. The van der Waals surface area contributed by atoms with Crippen molar-refractivity contribution in [3.8, 4) is 0 Å². The van der Waals surface area contributed by atoms with Crippen molar-refractivity contribution in [3.05, 3.63) is 7.05 Å². The minimum Gasteiger partial charge on any atom is -0.370 e. The van der Waals surface area contributed by atoms with Crippen LogP contribution in [0.1, 0.15) is 13.3 Å². The van der Waals surface area contributed by atoms with Gasteiger partial charge < -0.3 is 22.1 Å². The van der Waals surface area contributed by atoms with Crippen molar-refractivity contribution < 1.29 is 4.79 Å². The van der Waals surface area contributed by atoms with Gasteiger partial charge in [0, 0.05) is 7.05 Å². The lowest BCUT2D eigenvalue weighted by Gasteiger charge is -2.22. The number of amides is 1. The number of carbonyl (C=O) groups is 1. The predicted octanol–water partition coefficient (Wildman–Crippen LogP) is -1.52. The SMILES string of the molecule is [CH2]NC(=O)C(N)C(CC)NC(=N)N. The van der Waals surface area contributed by atoms with Crippen molar-refractivity contribution in [1.29, 1.82) is 5.41 Å². The molecule has 0 aliphatic rings. The highest BCUT2D eigenvalue weighted by atomic mass is 16.2. The fraction of sp³-hybridized carbons (Fsp3) is 0.571. The van der Waals surface area contributed by atoms with Crippen molar-refractivity contribution in [2.45, 2.75) is 25.4 Å². The molecule has 13 heavy (non-hydrogen) atoms. The third-order valence-electron chi connectivity index (χ3n) is 1.69. The second-order valence-corrected chi connectivity index (χ2v) is 2.64. The molecule has 7 N–H and O–H groups in total. The van der Waals surface area contributed by atoms with Gasteiger partial charge in [0.2, 0.25) is 5.91 Å². The van der Waals surface area contributed by atoms with Gasteiger partial charge in [0.1, 0.15) is 6.04 Å². The standard InChI is InChI=1S/C7H16N5O/c1-3-4(12-7(9)10)5(8)6(13)11-2/h4-5H,2-3,8H2,1H3,(H,11,13)(H4,9,10,12). The van der Waals surface area contributed by atoms with Crippen LogP contribution < -0.4 is 22.1 Å². The number of carbonyl (C=O) groups excluding carboxylic acids is 1. The lowest BCUT2D eigenvalue weighted by molar-refractivity contribution is -0.122. The number of hydrogen-bond acceptors (Lipinski definition) is 3. The predicted molar refractivity (Wildman–Crippen MR) is 50.6 cm³/mol. The van der Waals surface area contributed by atoms with E-state index in [1.165, 1.54) is 0 Å². The molecule has 0 saturated heterocycles. The summed E-state index contributed by atoms with van der Waals surface area (Å²) in [6.45, 7) is 1.84. The maximum absolute atomic E-state index is 11.0. The lowest BCUT2D eigenvalue weighted by atomic mass is 10.1. The summed E-state index contributed by atoms with van der Waals surface area (Å²) in [7, 11) is 3.21. The van der Waals surface area contributed by atoms with Gasteiger partial charge in [-0.15, -0.1) is 0 Å². The first kappa shape index (κ1) is 11.7. The highest BCUT2D eigenvalue weighted by molar-refractivity contribution is 5.83. The van der Waals surface area contributed by atoms with Crippen LogP contribution in [0.25, 0.3) is 0 Å². The molecule has 0 heterocycles. The fourth-order valence-corrected chi connectivity index (χ4v) is 0.946. The van der Waals surface area contributed by atoms with Gasteiger partial charge in [0.05, 0.1) is 6.04 Å². The van der Waals surface area contributed by atoms with E-state index in [0.29, 0.717) is 6.42 Å². The lowest BCUT2D eigenvalue weighted by Crippen LogP contribution is -2.55. The first-order chi connectivity index (χ1) is 6.02. The van der Waals surface area contributed by atoms with Crippen molar-refractivity contribution in [1.82, 2.24) is 10.6 Å². The molecule has 0 aromatic carbocycles. The summed E-state index contributed by atoms with van der Waals surface area (Å²) in [6.07, 6.45) is 0.605. The van der Waals surface area contributed by atoms with Crippen molar-refractivity contribution in [3.63, 3.8) is 0 Å². The van der Waals surface area contributed by atoms with Gasteiger partial charge in [-0.1, -0.05) is 6.92 Å². The molecule has 0 rings (SSSR count). The Morgan fingerprint density at radius 2 is 2.23 bits per heavy atom. The fourth-order valence-electron chi connectivity index (χ4n) is 0.946. The summed E-state index contributed by atoms with van der Waals surface area (Å²) in [5.41, 5.74) is 10.7. The zero-order valence-electron chi connectivity index (χ0n) is 7.63. The zero-order chi connectivity index (χ0) is 10.4. The third-order valence-corrected chi connectivity index (χ3v) is 1.69. The van der Waals surface area contributed by atoms with E-state index in [-0.39, 0.29) is 17.9 Å². The molecule has 6 nitrogen and oxygen atoms in total. The van der Waals surface area contributed by atoms with Crippen LogP contribution in [0.3, 0.4) is 0 Å². The summed E-state index contributed by atoms with van der Waals surface area (Å²) in [4.78, 5) is 11.0. The Balaban J connectivity index is 4.22. The Morgan fingerprint density at radius 1 is 1.69 bits per heavy atom. The number of guanidine groups is 1. The van der Waals surface area contributed by atoms with Gasteiger partial charge in [-0.2, -0.15) is 0 Å². The normalized spacial score (nSPS) is 14.4. The summed E-state index contributed by atoms with van der Waals surface area (Å²) < 4.78 is 0. The summed E-state index contributed by atoms with van der Waals surface area (Å²) in [5, 5.41) is 11.8. The third kappa shape index (κ3) is 3.75. The Labute approximate surface area is 77.6 Å². The molecule has 2 unspecified atom stereocenters. The number of nitrogens with one attached hydrogen (secondary N) is 3. The monoisotopic (exact) mass is 186 g/mol. The quantitative estimate of drug-likeness (QED) is 0.271. The number of hydrogen-bond donors (Lipinski definition) is 5. The second kappa shape index (κ2) is 5.36. The molecular weight excluding hydrogens is 170 g/mol. The zero-order valence-corrected chi connectivity index (χ0v) is 7.63. The molecule has 0 aliphatic carbocycles. The van der Waals surface area contributed by atoms with Gasteiger partial charge in [-0.3, -0.25) is 10.2 Å². The van der Waals surface area contributed by atoms with E-state index in [2.05, 4.69) is 17.7 Å². The van der Waals surface area contributed by atoms with E-state index in [1.807, 2.05) is 6.92 Å². The van der Waals surface area contributed by atoms with E-state index < -0.39 is 6.04 Å². The Hall–Kier alpha value is -1.30. The summed E-state index contributed by atoms with van der Waals surface area (Å²) >= 11 is 0. The van der Waals surface area contributed by atoms with E-state index >= 15 is 0 Å². The van der Waals surface area contributed by atoms with Crippen LogP contribution in [0.2, 0.25) is 0 Å². The molecule has 75 valence electrons. The first-order valence-electron chi connectivity index (χ1n) is 3.96. The van der Waals surface area contributed by atoms with Crippen LogP contribution in [-0.4, -0.2) is 24.0 Å². The van der Waals surface area contributed by atoms with Gasteiger partial charge in [0.15, 0.2) is 5.96 Å². The Kier molecular flexibility index (Phi) is 4.83. The Bertz CT molecular complexity index is 193. The number of rotatable bonds is 4. The molecule has 0 aliphatic heterocycles. The minimum absolute atomic E-state index is 0.195. The van der Waals surface area contributed by atoms with Crippen molar-refractivity contribution in [2.75, 3.05) is 0 Å². The molecule has 2 atom stereocenters. The molecule has 0 saturated carbocycles. The molecule has 0 aromatic rings. The first-order valence-corrected chi connectivity index (χ1v) is 3.96. The Morgan fingerprint density at radius 3 is 2.54 bits per heavy atom. The van der Waals surface area contributed by atoms with Crippen molar-refractivity contribution in [2.24, 2.45) is 11.5 Å². The second-order valence-electron chi connectivity index (χ2n) is 2.64. The van der Waals surface area contributed by atoms with Gasteiger partial charge >= 0.3 is 0 Å². The van der Waals surface area contributed by atoms with Crippen LogP contribution in [-0.2, 0) is 4.79 Å². The smallest absolute Gasteiger partial charge is 0.239 e. The maximum Gasteiger partial charge on any atom is 0.239 e. The molecular formula is C7H16N5O. The summed E-state index contributed by atoms with van der Waals surface area (Å²) in [6, 6.07) is -1.08. The van der Waals surface area contributed by atoms with E-state index in [9.17, 15) is 4.79 Å². The van der Waals surface area contributed by atoms with Gasteiger partial charge in [0.25, 0.3) is 0 Å². The minimum atomic E-state index is -0.744. The van der Waals surface area contributed by atoms with Crippen LogP contribution in [0.5, 0.6) is 0 Å². The largest absolute Gasteiger partial charge is 0.370 e. The average Bonchev–Trinajstić information content (AvgIpc) is 2.11. The van der Waals surface area contributed by atoms with Crippen LogP contribution >= 0.6 is 0 Å². The van der Waals surface area contributed by atoms with Crippen LogP contribution in [0, 0.1) is 12.5 Å². The molecule has 0 bridgehead atoms. The molecule has 1 radical (unpaired) electrons. The topological polar surface area (TPSA) is 117 Å². The summed E-state index contributed by atoms with van der Waals surface area (Å²) in [5.74, 6) is -0.570. The van der Waals surface area contributed by atoms with Crippen LogP contribution in [0.4, 0.5) is 0 Å². The van der Waals surface area contributed by atoms with Crippen molar-refractivity contribution >= 4 is 11.9 Å².